The number of hydrogen-bond acceptors (Lipinski definition) is 4. The van der Waals surface area contributed by atoms with Crippen molar-refractivity contribution in [2.24, 2.45) is 0 Å². The minimum atomic E-state index is -3.72. The van der Waals surface area contributed by atoms with Crippen molar-refractivity contribution >= 4 is 15.9 Å². The molecule has 1 amide bonds. The Morgan fingerprint density at radius 2 is 1.86 bits per heavy atom. The van der Waals surface area contributed by atoms with Crippen molar-refractivity contribution in [2.75, 3.05) is 7.05 Å². The molecule has 0 fully saturated rings. The first-order chi connectivity index (χ1) is 9.50. The fourth-order valence-corrected chi connectivity index (χ4v) is 2.84. The molecule has 0 radical (unpaired) electrons. The fraction of sp³-hybridized carbons (Fsp3) is 0.667. The van der Waals surface area contributed by atoms with Gasteiger partial charge in [-0.3, -0.25) is 4.79 Å². The van der Waals surface area contributed by atoms with Gasteiger partial charge in [-0.15, -0.1) is 0 Å². The van der Waals surface area contributed by atoms with Gasteiger partial charge < -0.3 is 0 Å². The molecule has 0 saturated heterocycles. The molecule has 0 atom stereocenters. The van der Waals surface area contributed by atoms with Crippen molar-refractivity contribution in [3.63, 3.8) is 0 Å². The predicted molar refractivity (Wildman–Crippen MR) is 73.5 cm³/mol. The molecule has 0 unspecified atom stereocenters. The first-order valence-electron chi connectivity index (χ1n) is 6.33. The SMILES string of the molecule is Cc1nn(C(F)F)c(C)c1CC(=O)N(C)S(=O)(=O)C(C)C. The third-order valence-corrected chi connectivity index (χ3v) is 5.47. The van der Waals surface area contributed by atoms with Gasteiger partial charge in [0.25, 0.3) is 0 Å². The summed E-state index contributed by atoms with van der Waals surface area (Å²) >= 11 is 0. The molecular weight excluding hydrogens is 304 g/mol. The number of sulfonamides is 1. The Morgan fingerprint density at radius 1 is 1.33 bits per heavy atom. The highest BCUT2D eigenvalue weighted by Gasteiger charge is 2.28. The molecule has 1 heterocycles. The van der Waals surface area contributed by atoms with Gasteiger partial charge >= 0.3 is 6.55 Å². The van der Waals surface area contributed by atoms with Crippen LogP contribution in [-0.4, -0.2) is 40.7 Å². The fourth-order valence-electron chi connectivity index (χ4n) is 1.86. The molecule has 0 aliphatic rings. The summed E-state index contributed by atoms with van der Waals surface area (Å²) in [6, 6.07) is 0. The number of alkyl halides is 2. The van der Waals surface area contributed by atoms with Crippen LogP contribution in [-0.2, 0) is 21.2 Å². The van der Waals surface area contributed by atoms with Crippen LogP contribution in [0.2, 0.25) is 0 Å². The van der Waals surface area contributed by atoms with Crippen molar-refractivity contribution in [1.82, 2.24) is 14.1 Å². The topological polar surface area (TPSA) is 72.3 Å². The second-order valence-corrected chi connectivity index (χ2v) is 7.52. The number of aryl methyl sites for hydroxylation is 1. The number of likely N-dealkylation sites (N-methyl/N-ethyl adjacent to an activating group) is 1. The van der Waals surface area contributed by atoms with Crippen molar-refractivity contribution in [1.29, 1.82) is 0 Å². The molecule has 0 spiro atoms. The maximum Gasteiger partial charge on any atom is 0.333 e. The van der Waals surface area contributed by atoms with E-state index in [0.29, 0.717) is 14.6 Å². The standard InChI is InChI=1S/C12H19F2N3O3S/c1-7(2)21(19,20)16(5)11(18)6-10-8(3)15-17(9(10)4)12(13)14/h7,12H,6H2,1-5H3. The monoisotopic (exact) mass is 323 g/mol. The van der Waals surface area contributed by atoms with E-state index in [1.165, 1.54) is 34.7 Å². The summed E-state index contributed by atoms with van der Waals surface area (Å²) in [6.07, 6.45) is -0.285. The van der Waals surface area contributed by atoms with Crippen molar-refractivity contribution in [3.8, 4) is 0 Å². The molecule has 6 nitrogen and oxygen atoms in total. The van der Waals surface area contributed by atoms with Crippen LogP contribution in [0.15, 0.2) is 0 Å². The predicted octanol–water partition coefficient (Wildman–Crippen LogP) is 1.63. The van der Waals surface area contributed by atoms with E-state index in [1.807, 2.05) is 0 Å². The zero-order valence-electron chi connectivity index (χ0n) is 12.6. The van der Waals surface area contributed by atoms with E-state index in [-0.39, 0.29) is 17.8 Å². The molecule has 0 aromatic carbocycles. The highest BCUT2D eigenvalue weighted by molar-refractivity contribution is 7.90. The van der Waals surface area contributed by atoms with Crippen LogP contribution in [0.3, 0.4) is 0 Å². The summed E-state index contributed by atoms with van der Waals surface area (Å²) in [5.41, 5.74) is 0.772. The van der Waals surface area contributed by atoms with Crippen LogP contribution in [0, 0.1) is 13.8 Å². The van der Waals surface area contributed by atoms with Crippen LogP contribution >= 0.6 is 0 Å². The van der Waals surface area contributed by atoms with Gasteiger partial charge in [-0.05, 0) is 27.7 Å². The van der Waals surface area contributed by atoms with E-state index in [4.69, 9.17) is 0 Å². The highest BCUT2D eigenvalue weighted by Crippen LogP contribution is 2.20. The van der Waals surface area contributed by atoms with Gasteiger partial charge in [0, 0.05) is 18.3 Å². The van der Waals surface area contributed by atoms with Gasteiger partial charge in [0.15, 0.2) is 0 Å². The van der Waals surface area contributed by atoms with E-state index in [0.717, 1.165) is 0 Å². The molecule has 21 heavy (non-hydrogen) atoms. The maximum absolute atomic E-state index is 12.7. The van der Waals surface area contributed by atoms with E-state index in [1.54, 1.807) is 0 Å². The minimum absolute atomic E-state index is 0.159. The van der Waals surface area contributed by atoms with Crippen molar-refractivity contribution < 1.29 is 22.0 Å². The van der Waals surface area contributed by atoms with Crippen molar-refractivity contribution in [3.05, 3.63) is 17.0 Å². The van der Waals surface area contributed by atoms with E-state index in [2.05, 4.69) is 5.10 Å². The number of hydrogen-bond donors (Lipinski definition) is 0. The van der Waals surface area contributed by atoms with Gasteiger partial charge in [0.1, 0.15) is 0 Å². The first-order valence-corrected chi connectivity index (χ1v) is 7.83. The summed E-state index contributed by atoms with van der Waals surface area (Å²) in [6.45, 7) is 3.05. The average molecular weight is 323 g/mol. The van der Waals surface area contributed by atoms with Gasteiger partial charge in [0.05, 0.1) is 17.4 Å². The molecule has 0 saturated carbocycles. The van der Waals surface area contributed by atoms with Gasteiger partial charge in [-0.25, -0.2) is 17.4 Å². The maximum atomic E-state index is 12.7. The second-order valence-electron chi connectivity index (χ2n) is 5.00. The quantitative estimate of drug-likeness (QED) is 0.826. The van der Waals surface area contributed by atoms with Gasteiger partial charge in [-0.1, -0.05) is 0 Å². The molecular formula is C12H19F2N3O3S. The van der Waals surface area contributed by atoms with Crippen LogP contribution in [0.5, 0.6) is 0 Å². The van der Waals surface area contributed by atoms with Crippen LogP contribution < -0.4 is 0 Å². The Kier molecular flexibility index (Phi) is 5.08. The number of carbonyl (C=O) groups excluding carboxylic acids is 1. The molecule has 0 bridgehead atoms. The lowest BCUT2D eigenvalue weighted by Crippen LogP contribution is -2.38. The number of nitrogens with zero attached hydrogens (tertiary/aromatic N) is 3. The summed E-state index contributed by atoms with van der Waals surface area (Å²) in [4.78, 5) is 12.1. The van der Waals surface area contributed by atoms with E-state index >= 15 is 0 Å². The van der Waals surface area contributed by atoms with E-state index < -0.39 is 27.7 Å². The zero-order chi connectivity index (χ0) is 16.5. The van der Waals surface area contributed by atoms with Crippen LogP contribution in [0.25, 0.3) is 0 Å². The summed E-state index contributed by atoms with van der Waals surface area (Å²) in [5.74, 6) is -0.677. The second kappa shape index (κ2) is 6.08. The van der Waals surface area contributed by atoms with Gasteiger partial charge in [-0.2, -0.15) is 13.9 Å². The molecule has 1 rings (SSSR count). The summed E-state index contributed by atoms with van der Waals surface area (Å²) in [7, 11) is -2.56. The summed E-state index contributed by atoms with van der Waals surface area (Å²) < 4.78 is 50.4. The number of aromatic nitrogens is 2. The number of rotatable bonds is 5. The van der Waals surface area contributed by atoms with E-state index in [9.17, 15) is 22.0 Å². The lowest BCUT2D eigenvalue weighted by Gasteiger charge is -2.20. The third kappa shape index (κ3) is 3.39. The smallest absolute Gasteiger partial charge is 0.273 e. The Balaban J connectivity index is 3.05. The molecule has 0 aliphatic carbocycles. The number of halogens is 2. The Bertz CT molecular complexity index is 638. The minimum Gasteiger partial charge on any atom is -0.273 e. The van der Waals surface area contributed by atoms with Gasteiger partial charge in [0.2, 0.25) is 15.9 Å². The summed E-state index contributed by atoms with van der Waals surface area (Å²) in [5, 5.41) is 2.93. The Morgan fingerprint density at radius 3 is 2.24 bits per heavy atom. The zero-order valence-corrected chi connectivity index (χ0v) is 13.4. The van der Waals surface area contributed by atoms with Crippen LogP contribution in [0.1, 0.15) is 37.3 Å². The molecule has 0 aliphatic heterocycles. The Hall–Kier alpha value is -1.51. The molecule has 1 aromatic heterocycles. The number of carbonyl (C=O) groups is 1. The molecule has 120 valence electrons. The largest absolute Gasteiger partial charge is 0.333 e. The first kappa shape index (κ1) is 17.5. The lowest BCUT2D eigenvalue weighted by atomic mass is 10.1. The van der Waals surface area contributed by atoms with Crippen molar-refractivity contribution in [2.45, 2.75) is 45.9 Å². The molecule has 9 heteroatoms. The highest BCUT2D eigenvalue weighted by atomic mass is 32.2. The normalized spacial score (nSPS) is 12.2. The number of amides is 1. The van der Waals surface area contributed by atoms with Crippen LogP contribution in [0.4, 0.5) is 8.78 Å². The molecule has 0 N–H and O–H groups in total. The Labute approximate surface area is 122 Å². The lowest BCUT2D eigenvalue weighted by molar-refractivity contribution is -0.125. The average Bonchev–Trinajstić information content (AvgIpc) is 2.65. The third-order valence-electron chi connectivity index (χ3n) is 3.32. The molecule has 1 aromatic rings.